The third-order valence-corrected chi connectivity index (χ3v) is 6.19. The van der Waals surface area contributed by atoms with Gasteiger partial charge in [-0.1, -0.05) is 26.0 Å². The lowest BCUT2D eigenvalue weighted by atomic mass is 9.93. The first-order valence-corrected chi connectivity index (χ1v) is 10.7. The van der Waals surface area contributed by atoms with Gasteiger partial charge in [0.05, 0.1) is 19.7 Å². The molecule has 6 heteroatoms. The summed E-state index contributed by atoms with van der Waals surface area (Å²) in [6, 6.07) is 9.92. The Morgan fingerprint density at radius 1 is 1.21 bits per heavy atom. The number of fused-ring (bicyclic) bond motifs is 1. The normalized spacial score (nSPS) is 15.8. The fourth-order valence-corrected chi connectivity index (χ4v) is 4.67. The van der Waals surface area contributed by atoms with Crippen LogP contribution in [0.2, 0.25) is 0 Å². The Hall–Kier alpha value is -2.34. The molecule has 0 spiro atoms. The van der Waals surface area contributed by atoms with Crippen LogP contribution in [0.15, 0.2) is 35.7 Å². The van der Waals surface area contributed by atoms with Gasteiger partial charge in [0.15, 0.2) is 0 Å². The van der Waals surface area contributed by atoms with Gasteiger partial charge in [-0.15, -0.1) is 11.3 Å². The van der Waals surface area contributed by atoms with E-state index in [2.05, 4.69) is 11.4 Å². The van der Waals surface area contributed by atoms with E-state index in [-0.39, 0.29) is 24.4 Å². The highest BCUT2D eigenvalue weighted by molar-refractivity contribution is 7.10. The smallest absolute Gasteiger partial charge is 0.242 e. The van der Waals surface area contributed by atoms with Crippen LogP contribution in [0.5, 0.6) is 5.75 Å². The number of thiophene rings is 1. The number of nitrogens with zero attached hydrogens (tertiary/aromatic N) is 2. The van der Waals surface area contributed by atoms with E-state index in [0.29, 0.717) is 19.5 Å². The first kappa shape index (κ1) is 20.4. The molecular weight excluding hydrogens is 372 g/mol. The minimum Gasteiger partial charge on any atom is -0.497 e. The highest BCUT2D eigenvalue weighted by Gasteiger charge is 2.33. The molecule has 1 aliphatic heterocycles. The monoisotopic (exact) mass is 400 g/mol. The lowest BCUT2D eigenvalue weighted by molar-refractivity contribution is -0.141. The lowest BCUT2D eigenvalue weighted by Crippen LogP contribution is -2.46. The summed E-state index contributed by atoms with van der Waals surface area (Å²) in [4.78, 5) is 30.5. The number of methoxy groups -OCH3 is 1. The fraction of sp³-hybridized carbons (Fsp3) is 0.455. The topological polar surface area (TPSA) is 49.9 Å². The maximum absolute atomic E-state index is 13.3. The second kappa shape index (κ2) is 9.24. The van der Waals surface area contributed by atoms with Crippen molar-refractivity contribution in [3.05, 3.63) is 51.7 Å². The highest BCUT2D eigenvalue weighted by atomic mass is 32.1. The zero-order valence-electron chi connectivity index (χ0n) is 16.8. The molecule has 1 aliphatic rings. The van der Waals surface area contributed by atoms with Gasteiger partial charge in [0.1, 0.15) is 5.75 Å². The van der Waals surface area contributed by atoms with E-state index in [9.17, 15) is 9.59 Å². The summed E-state index contributed by atoms with van der Waals surface area (Å²) in [6.45, 7) is 5.30. The van der Waals surface area contributed by atoms with E-state index in [4.69, 9.17) is 4.74 Å². The molecule has 0 fully saturated rings. The Labute approximate surface area is 170 Å². The Balaban J connectivity index is 1.89. The van der Waals surface area contributed by atoms with E-state index in [1.165, 1.54) is 10.4 Å². The molecule has 5 nitrogen and oxygen atoms in total. The molecule has 2 aromatic rings. The van der Waals surface area contributed by atoms with Crippen molar-refractivity contribution in [3.63, 3.8) is 0 Å². The molecule has 1 atom stereocenters. The standard InChI is InChI=1S/C22H28N2O3S/c1-4-12-23(20(25)5-2)15-21(26)24-13-10-19-18(11-14-28-19)22(24)16-6-8-17(27-3)9-7-16/h6-9,11,14,22H,4-5,10,12-13,15H2,1-3H3. The van der Waals surface area contributed by atoms with E-state index in [1.807, 2.05) is 43.0 Å². The lowest BCUT2D eigenvalue weighted by Gasteiger charge is -2.37. The molecule has 2 heterocycles. The second-order valence-corrected chi connectivity index (χ2v) is 7.98. The molecule has 0 N–H and O–H groups in total. The predicted molar refractivity (Wildman–Crippen MR) is 112 cm³/mol. The number of carbonyl (C=O) groups is 2. The number of hydrogen-bond acceptors (Lipinski definition) is 4. The van der Waals surface area contributed by atoms with E-state index in [0.717, 1.165) is 24.2 Å². The van der Waals surface area contributed by atoms with Crippen molar-refractivity contribution in [2.45, 2.75) is 39.2 Å². The summed E-state index contributed by atoms with van der Waals surface area (Å²) < 4.78 is 5.28. The van der Waals surface area contributed by atoms with Crippen LogP contribution in [0.4, 0.5) is 0 Å². The number of amides is 2. The predicted octanol–water partition coefficient (Wildman–Crippen LogP) is 3.88. The molecule has 2 amide bonds. The number of carbonyl (C=O) groups excluding carboxylic acids is 2. The summed E-state index contributed by atoms with van der Waals surface area (Å²) in [5.41, 5.74) is 2.26. The number of hydrogen-bond donors (Lipinski definition) is 0. The van der Waals surface area contributed by atoms with Crippen LogP contribution in [0.1, 0.15) is 48.7 Å². The van der Waals surface area contributed by atoms with Crippen molar-refractivity contribution in [1.29, 1.82) is 0 Å². The van der Waals surface area contributed by atoms with E-state index >= 15 is 0 Å². The van der Waals surface area contributed by atoms with Gasteiger partial charge in [-0.05, 0) is 47.5 Å². The van der Waals surface area contributed by atoms with Crippen LogP contribution in [0.25, 0.3) is 0 Å². The highest BCUT2D eigenvalue weighted by Crippen LogP contribution is 2.38. The molecule has 1 aromatic carbocycles. The van der Waals surface area contributed by atoms with Gasteiger partial charge < -0.3 is 14.5 Å². The summed E-state index contributed by atoms with van der Waals surface area (Å²) in [7, 11) is 1.65. The summed E-state index contributed by atoms with van der Waals surface area (Å²) in [5.74, 6) is 0.836. The van der Waals surface area contributed by atoms with Gasteiger partial charge in [-0.25, -0.2) is 0 Å². The Kier molecular flexibility index (Phi) is 6.73. The molecule has 3 rings (SSSR count). The average Bonchev–Trinajstić information content (AvgIpc) is 3.21. The molecular formula is C22H28N2O3S. The first-order valence-electron chi connectivity index (χ1n) is 9.86. The van der Waals surface area contributed by atoms with Gasteiger partial charge in [-0.3, -0.25) is 9.59 Å². The summed E-state index contributed by atoms with van der Waals surface area (Å²) in [6.07, 6.45) is 2.13. The van der Waals surface area contributed by atoms with Crippen molar-refractivity contribution in [1.82, 2.24) is 9.80 Å². The molecule has 1 unspecified atom stereocenters. The molecule has 0 radical (unpaired) electrons. The van der Waals surface area contributed by atoms with Crippen LogP contribution in [-0.4, -0.2) is 48.4 Å². The van der Waals surface area contributed by atoms with Gasteiger partial charge >= 0.3 is 0 Å². The average molecular weight is 401 g/mol. The molecule has 0 saturated heterocycles. The van der Waals surface area contributed by atoms with Crippen molar-refractivity contribution >= 4 is 23.2 Å². The largest absolute Gasteiger partial charge is 0.497 e. The SMILES string of the molecule is CCCN(CC(=O)N1CCc2sccc2C1c1ccc(OC)cc1)C(=O)CC. The van der Waals surface area contributed by atoms with E-state index in [1.54, 1.807) is 23.3 Å². The molecule has 0 bridgehead atoms. The Morgan fingerprint density at radius 3 is 2.61 bits per heavy atom. The zero-order chi connectivity index (χ0) is 20.1. The van der Waals surface area contributed by atoms with Crippen LogP contribution < -0.4 is 4.74 Å². The van der Waals surface area contributed by atoms with Gasteiger partial charge in [0.2, 0.25) is 11.8 Å². The minimum absolute atomic E-state index is 0.00733. The van der Waals surface area contributed by atoms with Crippen LogP contribution in [0, 0.1) is 0 Å². The van der Waals surface area contributed by atoms with Gasteiger partial charge in [0.25, 0.3) is 0 Å². The number of rotatable bonds is 7. The quantitative estimate of drug-likeness (QED) is 0.709. The fourth-order valence-electron chi connectivity index (χ4n) is 3.77. The summed E-state index contributed by atoms with van der Waals surface area (Å²) in [5, 5.41) is 2.10. The Morgan fingerprint density at radius 2 is 1.96 bits per heavy atom. The van der Waals surface area contributed by atoms with Crippen molar-refractivity contribution in [2.24, 2.45) is 0 Å². The molecule has 150 valence electrons. The number of ether oxygens (including phenoxy) is 1. The third-order valence-electron chi connectivity index (χ3n) is 5.19. The van der Waals surface area contributed by atoms with Crippen LogP contribution in [-0.2, 0) is 16.0 Å². The van der Waals surface area contributed by atoms with Crippen molar-refractivity contribution in [3.8, 4) is 5.75 Å². The van der Waals surface area contributed by atoms with Gasteiger partial charge in [-0.2, -0.15) is 0 Å². The van der Waals surface area contributed by atoms with Crippen molar-refractivity contribution < 1.29 is 14.3 Å². The van der Waals surface area contributed by atoms with Crippen molar-refractivity contribution in [2.75, 3.05) is 26.7 Å². The molecule has 0 saturated carbocycles. The van der Waals surface area contributed by atoms with Crippen LogP contribution in [0.3, 0.4) is 0 Å². The van der Waals surface area contributed by atoms with Gasteiger partial charge in [0, 0.05) is 24.4 Å². The van der Waals surface area contributed by atoms with E-state index < -0.39 is 0 Å². The molecule has 1 aromatic heterocycles. The number of benzene rings is 1. The van der Waals surface area contributed by atoms with Crippen LogP contribution >= 0.6 is 11.3 Å². The Bertz CT molecular complexity index is 815. The first-order chi connectivity index (χ1) is 13.6. The minimum atomic E-state index is -0.117. The zero-order valence-corrected chi connectivity index (χ0v) is 17.6. The third kappa shape index (κ3) is 4.22. The maximum atomic E-state index is 13.3. The molecule has 28 heavy (non-hydrogen) atoms. The molecule has 0 aliphatic carbocycles. The summed E-state index contributed by atoms with van der Waals surface area (Å²) >= 11 is 1.75. The maximum Gasteiger partial charge on any atom is 0.242 e. The second-order valence-electron chi connectivity index (χ2n) is 6.98.